The van der Waals surface area contributed by atoms with Gasteiger partial charge in [-0.2, -0.15) is 4.98 Å². The average Bonchev–Trinajstić information content (AvgIpc) is 2.82. The molecule has 0 saturated heterocycles. The van der Waals surface area contributed by atoms with E-state index >= 15 is 0 Å². The highest BCUT2D eigenvalue weighted by molar-refractivity contribution is 6.03. The summed E-state index contributed by atoms with van der Waals surface area (Å²) in [6.07, 6.45) is 1.78. The van der Waals surface area contributed by atoms with Gasteiger partial charge in [0.2, 0.25) is 5.95 Å². The van der Waals surface area contributed by atoms with E-state index in [1.54, 1.807) is 22.8 Å². The van der Waals surface area contributed by atoms with Crippen LogP contribution in [0.2, 0.25) is 0 Å². The Morgan fingerprint density at radius 3 is 2.61 bits per heavy atom. The molecule has 0 saturated carbocycles. The number of pyridine rings is 1. The topological polar surface area (TPSA) is 59.3 Å². The van der Waals surface area contributed by atoms with Crippen LogP contribution in [-0.4, -0.2) is 20.5 Å². The molecule has 5 nitrogen and oxygen atoms in total. The highest BCUT2D eigenvalue weighted by Crippen LogP contribution is 2.07. The molecule has 0 aliphatic heterocycles. The molecule has 0 fully saturated rings. The van der Waals surface area contributed by atoms with Crippen molar-refractivity contribution in [3.05, 3.63) is 60.3 Å². The van der Waals surface area contributed by atoms with Gasteiger partial charge in [0.05, 0.1) is 0 Å². The molecule has 3 aromatic rings. The Hall–Kier alpha value is -2.69. The molecule has 1 amide bonds. The van der Waals surface area contributed by atoms with Gasteiger partial charge in [-0.25, -0.2) is 4.52 Å². The molecule has 88 valence electrons. The number of anilines is 1. The van der Waals surface area contributed by atoms with Crippen LogP contribution in [0.15, 0.2) is 54.7 Å². The maximum absolute atomic E-state index is 11.9. The van der Waals surface area contributed by atoms with Gasteiger partial charge in [-0.1, -0.05) is 24.3 Å². The number of nitrogens with zero attached hydrogens (tertiary/aromatic N) is 3. The molecule has 0 bridgehead atoms. The molecule has 0 atom stereocenters. The van der Waals surface area contributed by atoms with Gasteiger partial charge in [-0.3, -0.25) is 10.1 Å². The van der Waals surface area contributed by atoms with Crippen molar-refractivity contribution in [2.45, 2.75) is 0 Å². The van der Waals surface area contributed by atoms with Crippen LogP contribution >= 0.6 is 0 Å². The van der Waals surface area contributed by atoms with Crippen LogP contribution in [0.5, 0.6) is 0 Å². The van der Waals surface area contributed by atoms with Gasteiger partial charge in [0.25, 0.3) is 5.91 Å². The molecule has 0 aliphatic rings. The number of benzene rings is 1. The molecular weight excluding hydrogens is 228 g/mol. The van der Waals surface area contributed by atoms with Crippen LogP contribution in [0.3, 0.4) is 0 Å². The van der Waals surface area contributed by atoms with Gasteiger partial charge in [0.15, 0.2) is 5.65 Å². The predicted molar refractivity (Wildman–Crippen MR) is 67.4 cm³/mol. The molecule has 0 spiro atoms. The van der Waals surface area contributed by atoms with Gasteiger partial charge < -0.3 is 0 Å². The molecule has 0 aliphatic carbocycles. The van der Waals surface area contributed by atoms with Crippen LogP contribution in [0.1, 0.15) is 10.4 Å². The molecule has 2 heterocycles. The first-order chi connectivity index (χ1) is 8.83. The third-order valence-electron chi connectivity index (χ3n) is 2.50. The highest BCUT2D eigenvalue weighted by Gasteiger charge is 2.08. The highest BCUT2D eigenvalue weighted by atomic mass is 16.1. The van der Waals surface area contributed by atoms with Gasteiger partial charge in [0, 0.05) is 11.8 Å². The number of carbonyl (C=O) groups is 1. The summed E-state index contributed by atoms with van der Waals surface area (Å²) in [4.78, 5) is 16.1. The summed E-state index contributed by atoms with van der Waals surface area (Å²) in [5, 5.41) is 6.82. The van der Waals surface area contributed by atoms with Crippen LogP contribution in [0.25, 0.3) is 5.65 Å². The second kappa shape index (κ2) is 4.29. The van der Waals surface area contributed by atoms with Crippen LogP contribution < -0.4 is 5.32 Å². The molecule has 5 heteroatoms. The van der Waals surface area contributed by atoms with Gasteiger partial charge >= 0.3 is 0 Å². The third kappa shape index (κ3) is 1.93. The SMILES string of the molecule is O=C(Nc1nc2ccccn2n1)c1ccccc1. The number of carbonyl (C=O) groups excluding carboxylic acids is 1. The summed E-state index contributed by atoms with van der Waals surface area (Å²) in [5.74, 6) is 0.0848. The molecule has 2 aromatic heterocycles. The van der Waals surface area contributed by atoms with E-state index in [0.29, 0.717) is 17.2 Å². The Bertz CT molecular complexity index is 657. The predicted octanol–water partition coefficient (Wildman–Crippen LogP) is 1.98. The smallest absolute Gasteiger partial charge is 0.258 e. The lowest BCUT2D eigenvalue weighted by Gasteiger charge is -1.99. The van der Waals surface area contributed by atoms with Crippen molar-refractivity contribution < 1.29 is 4.79 Å². The van der Waals surface area contributed by atoms with Gasteiger partial charge in [-0.15, -0.1) is 5.10 Å². The lowest BCUT2D eigenvalue weighted by Crippen LogP contribution is -2.12. The Balaban J connectivity index is 1.86. The minimum atomic E-state index is -0.216. The van der Waals surface area contributed by atoms with E-state index in [1.165, 1.54) is 0 Å². The first-order valence-electron chi connectivity index (χ1n) is 5.51. The van der Waals surface area contributed by atoms with Crippen molar-refractivity contribution in [3.8, 4) is 0 Å². The average molecular weight is 238 g/mol. The summed E-state index contributed by atoms with van der Waals surface area (Å²) >= 11 is 0. The number of nitrogens with one attached hydrogen (secondary N) is 1. The van der Waals surface area contributed by atoms with E-state index in [4.69, 9.17) is 0 Å². The second-order valence-electron chi connectivity index (χ2n) is 3.76. The number of amides is 1. The Labute approximate surface area is 103 Å². The zero-order chi connectivity index (χ0) is 12.4. The van der Waals surface area contributed by atoms with Crippen molar-refractivity contribution in [1.82, 2.24) is 14.6 Å². The Morgan fingerprint density at radius 1 is 1.06 bits per heavy atom. The van der Waals surface area contributed by atoms with E-state index < -0.39 is 0 Å². The molecule has 1 aromatic carbocycles. The largest absolute Gasteiger partial charge is 0.289 e. The lowest BCUT2D eigenvalue weighted by atomic mass is 10.2. The van der Waals surface area contributed by atoms with Gasteiger partial charge in [0.1, 0.15) is 0 Å². The lowest BCUT2D eigenvalue weighted by molar-refractivity contribution is 0.102. The normalized spacial score (nSPS) is 10.4. The van der Waals surface area contributed by atoms with Crippen LogP contribution in [0.4, 0.5) is 5.95 Å². The minimum absolute atomic E-state index is 0.216. The van der Waals surface area contributed by atoms with E-state index in [2.05, 4.69) is 15.4 Å². The fourth-order valence-electron chi connectivity index (χ4n) is 1.65. The van der Waals surface area contributed by atoms with Crippen molar-refractivity contribution >= 4 is 17.5 Å². The first-order valence-corrected chi connectivity index (χ1v) is 5.51. The van der Waals surface area contributed by atoms with Crippen molar-refractivity contribution in [2.24, 2.45) is 0 Å². The van der Waals surface area contributed by atoms with Crippen LogP contribution in [0, 0.1) is 0 Å². The Morgan fingerprint density at radius 2 is 1.83 bits per heavy atom. The monoisotopic (exact) mass is 238 g/mol. The number of rotatable bonds is 2. The molecule has 3 rings (SSSR count). The summed E-state index contributed by atoms with van der Waals surface area (Å²) in [6.45, 7) is 0. The Kier molecular flexibility index (Phi) is 2.49. The van der Waals surface area contributed by atoms with Crippen LogP contribution in [-0.2, 0) is 0 Å². The van der Waals surface area contributed by atoms with E-state index in [1.807, 2.05) is 36.4 Å². The number of fused-ring (bicyclic) bond motifs is 1. The molecular formula is C13H10N4O. The zero-order valence-corrected chi connectivity index (χ0v) is 9.45. The quantitative estimate of drug-likeness (QED) is 0.742. The van der Waals surface area contributed by atoms with Gasteiger partial charge in [-0.05, 0) is 24.3 Å². The van der Waals surface area contributed by atoms with E-state index in [9.17, 15) is 4.79 Å². The number of aromatic nitrogens is 3. The number of hydrogen-bond acceptors (Lipinski definition) is 3. The van der Waals surface area contributed by atoms with Crippen molar-refractivity contribution in [2.75, 3.05) is 5.32 Å². The third-order valence-corrected chi connectivity index (χ3v) is 2.50. The molecule has 0 unspecified atom stereocenters. The number of hydrogen-bond donors (Lipinski definition) is 1. The van der Waals surface area contributed by atoms with Crippen molar-refractivity contribution in [3.63, 3.8) is 0 Å². The second-order valence-corrected chi connectivity index (χ2v) is 3.76. The standard InChI is InChI=1S/C13H10N4O/c18-12(10-6-2-1-3-7-10)15-13-14-11-8-4-5-9-17(11)16-13/h1-9H,(H,15,16,18). The maximum Gasteiger partial charge on any atom is 0.258 e. The fraction of sp³-hybridized carbons (Fsp3) is 0. The summed E-state index contributed by atoms with van der Waals surface area (Å²) < 4.78 is 1.61. The molecule has 1 N–H and O–H groups in total. The zero-order valence-electron chi connectivity index (χ0n) is 9.45. The summed E-state index contributed by atoms with van der Waals surface area (Å²) in [7, 11) is 0. The minimum Gasteiger partial charge on any atom is -0.289 e. The van der Waals surface area contributed by atoms with E-state index in [-0.39, 0.29) is 5.91 Å². The maximum atomic E-state index is 11.9. The molecule has 0 radical (unpaired) electrons. The fourth-order valence-corrected chi connectivity index (χ4v) is 1.65. The van der Waals surface area contributed by atoms with Crippen molar-refractivity contribution in [1.29, 1.82) is 0 Å². The summed E-state index contributed by atoms with van der Waals surface area (Å²) in [5.41, 5.74) is 1.28. The first kappa shape index (κ1) is 10.5. The summed E-state index contributed by atoms with van der Waals surface area (Å²) in [6, 6.07) is 14.5. The molecule has 18 heavy (non-hydrogen) atoms. The van der Waals surface area contributed by atoms with E-state index in [0.717, 1.165) is 0 Å².